The van der Waals surface area contributed by atoms with E-state index in [0.717, 1.165) is 0 Å². The van der Waals surface area contributed by atoms with Crippen LogP contribution in [0.5, 0.6) is 0 Å². The van der Waals surface area contributed by atoms with Crippen LogP contribution in [0.25, 0.3) is 33.8 Å². The Labute approximate surface area is 236 Å². The van der Waals surface area contributed by atoms with Gasteiger partial charge in [0.25, 0.3) is 0 Å². The predicted molar refractivity (Wildman–Crippen MR) is 153 cm³/mol. The van der Waals surface area contributed by atoms with E-state index in [1.54, 1.807) is 52.8 Å². The van der Waals surface area contributed by atoms with E-state index in [9.17, 15) is 19.8 Å². The van der Waals surface area contributed by atoms with E-state index >= 15 is 0 Å². The zero-order valence-electron chi connectivity index (χ0n) is 23.6. The molecule has 0 bridgehead atoms. The molecule has 0 spiro atoms. The number of amides is 2. The number of nitrogens with one attached hydrogen (secondary N) is 2. The molecule has 0 aliphatic heterocycles. The third-order valence-corrected chi connectivity index (χ3v) is 6.09. The van der Waals surface area contributed by atoms with Crippen molar-refractivity contribution in [1.82, 2.24) is 30.2 Å². The molecule has 4 aromatic rings. The Balaban J connectivity index is 1.83. The highest BCUT2D eigenvalue weighted by Crippen LogP contribution is 2.31. The number of nitrogen functional groups attached to an aromatic ring is 1. The standard InChI is InChI=1S/C28H32N8O5/c1-7-36-19-14-18(15-9-8-10-16(13-15)30-25(37)22(27(2,3)4)33-26(38)39)31-17(11-12-28(5,6)40)20(19)32-24(36)21-23(29)35-41-34-21/h8-10,13-14,22,33,40H,7H2,1-6H3,(H2,29,35)(H,30,37)(H,38,39). The van der Waals surface area contributed by atoms with Gasteiger partial charge in [0.05, 0.1) is 11.2 Å². The van der Waals surface area contributed by atoms with Gasteiger partial charge in [0.1, 0.15) is 22.9 Å². The topological polar surface area (TPSA) is 194 Å². The van der Waals surface area contributed by atoms with E-state index in [4.69, 9.17) is 20.3 Å². The van der Waals surface area contributed by atoms with Crippen molar-refractivity contribution in [1.29, 1.82) is 0 Å². The molecule has 214 valence electrons. The van der Waals surface area contributed by atoms with Gasteiger partial charge in [0, 0.05) is 17.8 Å². The number of nitrogens with zero attached hydrogens (tertiary/aromatic N) is 5. The number of aromatic nitrogens is 5. The third-order valence-electron chi connectivity index (χ3n) is 6.09. The van der Waals surface area contributed by atoms with Crippen LogP contribution in [0.3, 0.4) is 0 Å². The van der Waals surface area contributed by atoms with Crippen molar-refractivity contribution in [2.45, 2.75) is 59.7 Å². The van der Waals surface area contributed by atoms with Gasteiger partial charge in [0.15, 0.2) is 17.3 Å². The fourth-order valence-corrected chi connectivity index (χ4v) is 4.19. The van der Waals surface area contributed by atoms with Crippen molar-refractivity contribution < 1.29 is 24.4 Å². The Hall–Kier alpha value is -4.96. The van der Waals surface area contributed by atoms with Gasteiger partial charge >= 0.3 is 6.09 Å². The summed E-state index contributed by atoms with van der Waals surface area (Å²) in [5.41, 5.74) is 7.39. The lowest BCUT2D eigenvalue weighted by Crippen LogP contribution is -2.51. The summed E-state index contributed by atoms with van der Waals surface area (Å²) in [7, 11) is 0. The maximum absolute atomic E-state index is 13.0. The highest BCUT2D eigenvalue weighted by Gasteiger charge is 2.33. The summed E-state index contributed by atoms with van der Waals surface area (Å²) in [5.74, 6) is 5.75. The molecule has 3 heterocycles. The second kappa shape index (κ2) is 10.9. The quantitative estimate of drug-likeness (QED) is 0.218. The highest BCUT2D eigenvalue weighted by atomic mass is 16.6. The van der Waals surface area contributed by atoms with Crippen LogP contribution in [-0.4, -0.2) is 58.7 Å². The van der Waals surface area contributed by atoms with Crippen molar-refractivity contribution in [2.24, 2.45) is 5.41 Å². The van der Waals surface area contributed by atoms with Gasteiger partial charge in [-0.1, -0.05) is 38.8 Å². The first-order chi connectivity index (χ1) is 19.2. The van der Waals surface area contributed by atoms with Crippen molar-refractivity contribution in [2.75, 3.05) is 11.1 Å². The van der Waals surface area contributed by atoms with Gasteiger partial charge < -0.3 is 31.1 Å². The van der Waals surface area contributed by atoms with Crippen LogP contribution < -0.4 is 16.4 Å². The number of aliphatic hydroxyl groups is 1. The van der Waals surface area contributed by atoms with Crippen molar-refractivity contribution >= 4 is 34.5 Å². The van der Waals surface area contributed by atoms with Crippen molar-refractivity contribution in [3.63, 3.8) is 0 Å². The van der Waals surface area contributed by atoms with Gasteiger partial charge in [-0.15, -0.1) is 0 Å². The van der Waals surface area contributed by atoms with Crippen LogP contribution >= 0.6 is 0 Å². The summed E-state index contributed by atoms with van der Waals surface area (Å²) in [4.78, 5) is 33.8. The summed E-state index contributed by atoms with van der Waals surface area (Å²) >= 11 is 0. The molecule has 0 aliphatic carbocycles. The van der Waals surface area contributed by atoms with E-state index in [0.29, 0.717) is 46.0 Å². The van der Waals surface area contributed by atoms with Crippen LogP contribution in [0.4, 0.5) is 16.3 Å². The molecule has 2 amide bonds. The summed E-state index contributed by atoms with van der Waals surface area (Å²) in [5, 5.41) is 32.1. The number of rotatable bonds is 6. The number of nitrogens with two attached hydrogens (primary N) is 1. The average molecular weight is 561 g/mol. The predicted octanol–water partition coefficient (Wildman–Crippen LogP) is 3.49. The van der Waals surface area contributed by atoms with Crippen molar-refractivity contribution in [3.05, 3.63) is 36.0 Å². The van der Waals surface area contributed by atoms with E-state index in [-0.39, 0.29) is 11.5 Å². The van der Waals surface area contributed by atoms with Gasteiger partial charge in [-0.2, -0.15) is 0 Å². The molecular formula is C28H32N8O5. The molecule has 13 nitrogen and oxygen atoms in total. The fourth-order valence-electron chi connectivity index (χ4n) is 4.19. The van der Waals surface area contributed by atoms with Crippen molar-refractivity contribution in [3.8, 4) is 34.6 Å². The molecule has 0 radical (unpaired) electrons. The number of hydrogen-bond acceptors (Lipinski definition) is 9. The Bertz CT molecular complexity index is 1680. The number of anilines is 2. The fraction of sp³-hybridized carbons (Fsp3) is 0.357. The number of carbonyl (C=O) groups excluding carboxylic acids is 1. The molecule has 6 N–H and O–H groups in total. The Morgan fingerprint density at radius 1 is 1.15 bits per heavy atom. The molecule has 1 unspecified atom stereocenters. The third kappa shape index (κ3) is 6.44. The highest BCUT2D eigenvalue weighted by molar-refractivity contribution is 5.97. The second-order valence-electron chi connectivity index (χ2n) is 11.0. The smallest absolute Gasteiger partial charge is 0.405 e. The number of hydrogen-bond donors (Lipinski definition) is 5. The second-order valence-corrected chi connectivity index (χ2v) is 11.0. The Kier molecular flexibility index (Phi) is 7.72. The molecule has 41 heavy (non-hydrogen) atoms. The summed E-state index contributed by atoms with van der Waals surface area (Å²) in [6.45, 7) is 10.9. The molecular weight excluding hydrogens is 528 g/mol. The summed E-state index contributed by atoms with van der Waals surface area (Å²) < 4.78 is 6.67. The maximum Gasteiger partial charge on any atom is 0.405 e. The lowest BCUT2D eigenvalue weighted by Gasteiger charge is -2.29. The van der Waals surface area contributed by atoms with Crippen LogP contribution in [-0.2, 0) is 11.3 Å². The minimum atomic E-state index is -1.29. The van der Waals surface area contributed by atoms with Crippen LogP contribution in [0.15, 0.2) is 35.0 Å². The van der Waals surface area contributed by atoms with Crippen LogP contribution in [0.1, 0.15) is 47.2 Å². The minimum absolute atomic E-state index is 0.0849. The largest absolute Gasteiger partial charge is 0.465 e. The van der Waals surface area contributed by atoms with Crippen LogP contribution in [0.2, 0.25) is 0 Å². The average Bonchev–Trinajstić information content (AvgIpc) is 3.47. The molecule has 13 heteroatoms. The minimum Gasteiger partial charge on any atom is -0.465 e. The molecule has 0 aliphatic rings. The Morgan fingerprint density at radius 3 is 2.46 bits per heavy atom. The number of carboxylic acid groups (broad SMARTS) is 1. The zero-order valence-corrected chi connectivity index (χ0v) is 23.6. The number of aryl methyl sites for hydroxylation is 1. The first kappa shape index (κ1) is 29.0. The molecule has 1 aromatic carbocycles. The number of imidazole rings is 1. The summed E-state index contributed by atoms with van der Waals surface area (Å²) in [6.07, 6.45) is -1.29. The summed E-state index contributed by atoms with van der Waals surface area (Å²) in [6, 6.07) is 7.84. The number of carbonyl (C=O) groups is 2. The van der Waals surface area contributed by atoms with Gasteiger partial charge in [0.2, 0.25) is 5.91 Å². The monoisotopic (exact) mass is 560 g/mol. The van der Waals surface area contributed by atoms with Gasteiger partial charge in [-0.3, -0.25) is 4.79 Å². The molecule has 0 fully saturated rings. The lowest BCUT2D eigenvalue weighted by molar-refractivity contribution is -0.120. The normalized spacial score (nSPS) is 12.5. The Morgan fingerprint density at radius 2 is 1.88 bits per heavy atom. The molecule has 4 rings (SSSR count). The van der Waals surface area contributed by atoms with E-state index in [1.807, 2.05) is 23.6 Å². The number of benzene rings is 1. The first-order valence-corrected chi connectivity index (χ1v) is 12.8. The maximum atomic E-state index is 13.0. The lowest BCUT2D eigenvalue weighted by atomic mass is 9.86. The SMILES string of the molecule is CCn1c(-c2nonc2N)nc2c(C#CC(C)(C)O)nc(-c3cccc(NC(=O)C(NC(=O)O)C(C)(C)C)c3)cc21. The number of fused-ring (bicyclic) bond motifs is 1. The van der Waals surface area contributed by atoms with E-state index in [1.165, 1.54) is 0 Å². The molecule has 0 saturated carbocycles. The van der Waals surface area contributed by atoms with E-state index < -0.39 is 29.1 Å². The molecule has 1 atom stereocenters. The zero-order chi connectivity index (χ0) is 30.1. The van der Waals surface area contributed by atoms with E-state index in [2.05, 4.69) is 32.8 Å². The first-order valence-electron chi connectivity index (χ1n) is 12.8. The van der Waals surface area contributed by atoms with Gasteiger partial charge in [-0.05, 0) is 60.6 Å². The van der Waals surface area contributed by atoms with Gasteiger partial charge in [-0.25, -0.2) is 19.4 Å². The molecule has 0 saturated heterocycles. The molecule has 3 aromatic heterocycles. The van der Waals surface area contributed by atoms with Crippen LogP contribution in [0, 0.1) is 17.3 Å². The number of pyridine rings is 1.